The Hall–Kier alpha value is -2.82. The first-order valence-electron chi connectivity index (χ1n) is 10.1. The van der Waals surface area contributed by atoms with E-state index in [1.807, 2.05) is 36.4 Å². The SMILES string of the molecule is O=C(c1ccccc1)C1(O)C=CC(C(=O)c2ccccc2)(N2CCCCC2)C=C1. The fourth-order valence-electron chi connectivity index (χ4n) is 4.18. The summed E-state index contributed by atoms with van der Waals surface area (Å²) in [6.07, 6.45) is 9.60. The largest absolute Gasteiger partial charge is 0.374 e. The predicted molar refractivity (Wildman–Crippen MR) is 113 cm³/mol. The lowest BCUT2D eigenvalue weighted by Crippen LogP contribution is -2.56. The van der Waals surface area contributed by atoms with Gasteiger partial charge in [-0.2, -0.15) is 0 Å². The maximum absolute atomic E-state index is 13.6. The summed E-state index contributed by atoms with van der Waals surface area (Å²) >= 11 is 0. The molecule has 148 valence electrons. The number of benzene rings is 2. The van der Waals surface area contributed by atoms with Gasteiger partial charge in [-0.15, -0.1) is 0 Å². The van der Waals surface area contributed by atoms with Gasteiger partial charge >= 0.3 is 0 Å². The van der Waals surface area contributed by atoms with Crippen LogP contribution in [0.5, 0.6) is 0 Å². The van der Waals surface area contributed by atoms with Crippen LogP contribution in [0.1, 0.15) is 40.0 Å². The van der Waals surface area contributed by atoms with Crippen molar-refractivity contribution < 1.29 is 14.7 Å². The minimum atomic E-state index is -1.75. The molecule has 0 unspecified atom stereocenters. The zero-order valence-electron chi connectivity index (χ0n) is 16.3. The molecular weight excluding hydrogens is 362 g/mol. The highest BCUT2D eigenvalue weighted by Gasteiger charge is 2.45. The summed E-state index contributed by atoms with van der Waals surface area (Å²) in [4.78, 5) is 28.6. The Bertz CT molecular complexity index is 927. The van der Waals surface area contributed by atoms with Crippen LogP contribution in [0.25, 0.3) is 0 Å². The van der Waals surface area contributed by atoms with E-state index < -0.39 is 16.9 Å². The Morgan fingerprint density at radius 2 is 1.17 bits per heavy atom. The van der Waals surface area contributed by atoms with E-state index in [-0.39, 0.29) is 5.78 Å². The van der Waals surface area contributed by atoms with Gasteiger partial charge in [-0.1, -0.05) is 79.2 Å². The average Bonchev–Trinajstić information content (AvgIpc) is 2.80. The van der Waals surface area contributed by atoms with Gasteiger partial charge in [0.1, 0.15) is 5.54 Å². The molecule has 0 bridgehead atoms. The van der Waals surface area contributed by atoms with Crippen molar-refractivity contribution in [1.29, 1.82) is 0 Å². The van der Waals surface area contributed by atoms with Crippen LogP contribution in [0.3, 0.4) is 0 Å². The highest BCUT2D eigenvalue weighted by atomic mass is 16.3. The van der Waals surface area contributed by atoms with Crippen molar-refractivity contribution in [2.75, 3.05) is 13.1 Å². The van der Waals surface area contributed by atoms with E-state index in [4.69, 9.17) is 0 Å². The van der Waals surface area contributed by atoms with Gasteiger partial charge in [-0.05, 0) is 38.1 Å². The number of carbonyl (C=O) groups is 2. The Morgan fingerprint density at radius 1 is 0.690 bits per heavy atom. The molecule has 0 amide bonds. The van der Waals surface area contributed by atoms with Crippen molar-refractivity contribution in [2.24, 2.45) is 0 Å². The first-order chi connectivity index (χ1) is 14.1. The van der Waals surface area contributed by atoms with Crippen molar-refractivity contribution in [3.63, 3.8) is 0 Å². The van der Waals surface area contributed by atoms with Crippen LogP contribution in [0.2, 0.25) is 0 Å². The molecule has 4 rings (SSSR count). The summed E-state index contributed by atoms with van der Waals surface area (Å²) in [5, 5.41) is 11.0. The van der Waals surface area contributed by atoms with Crippen LogP contribution in [0, 0.1) is 0 Å². The number of aliphatic hydroxyl groups is 1. The van der Waals surface area contributed by atoms with Gasteiger partial charge in [-0.3, -0.25) is 14.5 Å². The first kappa shape index (κ1) is 19.5. The molecule has 1 fully saturated rings. The topological polar surface area (TPSA) is 57.6 Å². The smallest absolute Gasteiger partial charge is 0.202 e. The summed E-state index contributed by atoms with van der Waals surface area (Å²) in [6, 6.07) is 17.9. The summed E-state index contributed by atoms with van der Waals surface area (Å²) < 4.78 is 0. The third-order valence-electron chi connectivity index (χ3n) is 5.86. The highest BCUT2D eigenvalue weighted by Crippen LogP contribution is 2.34. The fourth-order valence-corrected chi connectivity index (χ4v) is 4.18. The average molecular weight is 387 g/mol. The Morgan fingerprint density at radius 3 is 1.69 bits per heavy atom. The van der Waals surface area contributed by atoms with Crippen LogP contribution in [-0.4, -0.2) is 45.8 Å². The molecule has 2 aliphatic rings. The second-order valence-corrected chi connectivity index (χ2v) is 7.76. The Kier molecular flexibility index (Phi) is 5.31. The number of nitrogens with zero attached hydrogens (tertiary/aromatic N) is 1. The van der Waals surface area contributed by atoms with E-state index in [1.165, 1.54) is 12.2 Å². The lowest BCUT2D eigenvalue weighted by Gasteiger charge is -2.43. The predicted octanol–water partition coefficient (Wildman–Crippen LogP) is 3.83. The number of hydrogen-bond acceptors (Lipinski definition) is 4. The summed E-state index contributed by atoms with van der Waals surface area (Å²) in [7, 11) is 0. The summed E-state index contributed by atoms with van der Waals surface area (Å²) in [6.45, 7) is 1.61. The number of ketones is 2. The van der Waals surface area contributed by atoms with Gasteiger partial charge in [0.15, 0.2) is 11.4 Å². The van der Waals surface area contributed by atoms with Gasteiger partial charge in [0.05, 0.1) is 0 Å². The second-order valence-electron chi connectivity index (χ2n) is 7.76. The number of rotatable bonds is 5. The molecule has 4 heteroatoms. The van der Waals surface area contributed by atoms with Crippen LogP contribution in [0.15, 0.2) is 85.0 Å². The van der Waals surface area contributed by atoms with Crippen LogP contribution in [-0.2, 0) is 0 Å². The van der Waals surface area contributed by atoms with Crippen LogP contribution >= 0.6 is 0 Å². The monoisotopic (exact) mass is 387 g/mol. The summed E-state index contributed by atoms with van der Waals surface area (Å²) in [5.41, 5.74) is -1.68. The van der Waals surface area contributed by atoms with Gasteiger partial charge in [0.2, 0.25) is 5.78 Å². The molecule has 0 spiro atoms. The van der Waals surface area contributed by atoms with E-state index in [2.05, 4.69) is 4.90 Å². The number of likely N-dealkylation sites (tertiary alicyclic amines) is 1. The molecular formula is C25H25NO3. The minimum Gasteiger partial charge on any atom is -0.374 e. The van der Waals surface area contributed by atoms with Gasteiger partial charge in [-0.25, -0.2) is 0 Å². The van der Waals surface area contributed by atoms with Crippen molar-refractivity contribution in [3.8, 4) is 0 Å². The standard InChI is InChI=1S/C25H25NO3/c27-22(20-10-4-1-5-11-20)24(26-18-8-3-9-19-26)14-16-25(29,17-15-24)23(28)21-12-6-2-7-13-21/h1-2,4-7,10-17,29H,3,8-9,18-19H2. The molecule has 1 N–H and O–H groups in total. The molecule has 0 saturated carbocycles. The molecule has 1 aliphatic carbocycles. The normalized spacial score (nSPS) is 26.9. The molecule has 0 atom stereocenters. The van der Waals surface area contributed by atoms with Gasteiger partial charge < -0.3 is 5.11 Å². The van der Waals surface area contributed by atoms with Gasteiger partial charge in [0.25, 0.3) is 0 Å². The molecule has 1 saturated heterocycles. The van der Waals surface area contributed by atoms with E-state index >= 15 is 0 Å². The lowest BCUT2D eigenvalue weighted by molar-refractivity contribution is 0.0607. The number of piperidine rings is 1. The maximum Gasteiger partial charge on any atom is 0.202 e. The summed E-state index contributed by atoms with van der Waals surface area (Å²) in [5.74, 6) is -0.438. The van der Waals surface area contributed by atoms with Crippen molar-refractivity contribution in [1.82, 2.24) is 4.90 Å². The molecule has 2 aromatic carbocycles. The minimum absolute atomic E-state index is 0.0401. The molecule has 29 heavy (non-hydrogen) atoms. The Balaban J connectivity index is 1.71. The fraction of sp³-hybridized carbons (Fsp3) is 0.280. The Labute approximate surface area is 171 Å². The van der Waals surface area contributed by atoms with Crippen LogP contribution in [0.4, 0.5) is 0 Å². The van der Waals surface area contributed by atoms with E-state index in [9.17, 15) is 14.7 Å². The number of hydrogen-bond donors (Lipinski definition) is 1. The molecule has 1 aliphatic heterocycles. The van der Waals surface area contributed by atoms with E-state index in [0.717, 1.165) is 32.4 Å². The second kappa shape index (κ2) is 7.90. The van der Waals surface area contributed by atoms with Crippen molar-refractivity contribution in [3.05, 3.63) is 96.1 Å². The molecule has 0 aromatic heterocycles. The third-order valence-corrected chi connectivity index (χ3v) is 5.86. The van der Waals surface area contributed by atoms with E-state index in [1.54, 1.807) is 36.4 Å². The van der Waals surface area contributed by atoms with Crippen molar-refractivity contribution >= 4 is 11.6 Å². The molecule has 1 heterocycles. The third kappa shape index (κ3) is 3.61. The lowest BCUT2D eigenvalue weighted by atomic mass is 9.77. The number of carbonyl (C=O) groups excluding carboxylic acids is 2. The van der Waals surface area contributed by atoms with Gasteiger partial charge in [0, 0.05) is 11.1 Å². The maximum atomic E-state index is 13.6. The van der Waals surface area contributed by atoms with Crippen molar-refractivity contribution in [2.45, 2.75) is 30.4 Å². The molecule has 0 radical (unpaired) electrons. The quantitative estimate of drug-likeness (QED) is 0.626. The first-order valence-corrected chi connectivity index (χ1v) is 10.1. The van der Waals surface area contributed by atoms with Crippen LogP contribution < -0.4 is 0 Å². The zero-order valence-corrected chi connectivity index (χ0v) is 16.3. The molecule has 2 aromatic rings. The molecule has 4 nitrogen and oxygen atoms in total. The number of Topliss-reactive ketones (excluding diaryl/α,β-unsaturated/α-hetero) is 2. The highest BCUT2D eigenvalue weighted by molar-refractivity contribution is 6.09. The van der Waals surface area contributed by atoms with E-state index in [0.29, 0.717) is 11.1 Å². The zero-order chi connectivity index (χ0) is 20.3.